The summed E-state index contributed by atoms with van der Waals surface area (Å²) in [5.74, 6) is -0.0539. The molecule has 142 valence electrons. The summed E-state index contributed by atoms with van der Waals surface area (Å²) in [5.41, 5.74) is 2.08. The summed E-state index contributed by atoms with van der Waals surface area (Å²) >= 11 is 0. The highest BCUT2D eigenvalue weighted by Crippen LogP contribution is 2.23. The molecule has 0 N–H and O–H groups in total. The number of oxazole rings is 1. The maximum absolute atomic E-state index is 13.2. The Hall–Kier alpha value is -3.54. The monoisotopic (exact) mass is 376 g/mol. The second kappa shape index (κ2) is 7.60. The van der Waals surface area contributed by atoms with Crippen LogP contribution in [-0.2, 0) is 17.9 Å². The van der Waals surface area contributed by atoms with Crippen molar-refractivity contribution in [2.24, 2.45) is 0 Å². The predicted molar refractivity (Wildman–Crippen MR) is 105 cm³/mol. The van der Waals surface area contributed by atoms with E-state index in [-0.39, 0.29) is 18.5 Å². The highest BCUT2D eigenvalue weighted by atomic mass is 16.4. The first-order valence-electron chi connectivity index (χ1n) is 9.08. The Morgan fingerprint density at radius 2 is 1.79 bits per heavy atom. The molecule has 0 saturated heterocycles. The lowest BCUT2D eigenvalue weighted by Crippen LogP contribution is -2.37. The van der Waals surface area contributed by atoms with Gasteiger partial charge in [-0.2, -0.15) is 0 Å². The Morgan fingerprint density at radius 3 is 2.54 bits per heavy atom. The molecule has 0 bridgehead atoms. The molecule has 0 radical (unpaired) electrons. The van der Waals surface area contributed by atoms with Crippen molar-refractivity contribution in [1.82, 2.24) is 9.47 Å². The minimum absolute atomic E-state index is 0.103. The molecular formula is C22H20N2O4. The van der Waals surface area contributed by atoms with Crippen LogP contribution in [0, 0.1) is 0 Å². The van der Waals surface area contributed by atoms with Crippen LogP contribution in [0.4, 0.5) is 0 Å². The fraction of sp³-hybridized carbons (Fsp3) is 0.182. The Bertz CT molecular complexity index is 1130. The molecule has 0 fully saturated rings. The van der Waals surface area contributed by atoms with Crippen molar-refractivity contribution in [3.8, 4) is 0 Å². The lowest BCUT2D eigenvalue weighted by Gasteiger charge is -2.29. The summed E-state index contributed by atoms with van der Waals surface area (Å²) in [6, 6.07) is 20.3. The first-order valence-corrected chi connectivity index (χ1v) is 9.08. The third kappa shape index (κ3) is 3.49. The quantitative estimate of drug-likeness (QED) is 0.510. The zero-order valence-corrected chi connectivity index (χ0v) is 15.4. The number of furan rings is 1. The molecule has 0 aliphatic heterocycles. The molecule has 6 nitrogen and oxygen atoms in total. The number of fused-ring (bicyclic) bond motifs is 1. The van der Waals surface area contributed by atoms with Crippen LogP contribution < -0.4 is 5.76 Å². The molecular weight excluding hydrogens is 356 g/mol. The Kier molecular flexibility index (Phi) is 4.85. The highest BCUT2D eigenvalue weighted by Gasteiger charge is 2.24. The van der Waals surface area contributed by atoms with Gasteiger partial charge in [0.2, 0.25) is 5.91 Å². The van der Waals surface area contributed by atoms with Crippen LogP contribution in [0.1, 0.15) is 24.3 Å². The van der Waals surface area contributed by atoms with Gasteiger partial charge in [0.05, 0.1) is 24.4 Å². The number of carbonyl (C=O) groups excluding carboxylic acids is 1. The van der Waals surface area contributed by atoms with Gasteiger partial charge in [0, 0.05) is 0 Å². The van der Waals surface area contributed by atoms with Crippen molar-refractivity contribution < 1.29 is 13.6 Å². The van der Waals surface area contributed by atoms with E-state index in [4.69, 9.17) is 8.83 Å². The summed E-state index contributed by atoms with van der Waals surface area (Å²) in [6.07, 6.45) is 1.58. The molecule has 2 aromatic carbocycles. The largest absolute Gasteiger partial charge is 0.467 e. The number of aromatic nitrogens is 1. The van der Waals surface area contributed by atoms with Crippen molar-refractivity contribution in [2.45, 2.75) is 26.1 Å². The lowest BCUT2D eigenvalue weighted by atomic mass is 10.1. The van der Waals surface area contributed by atoms with Crippen LogP contribution in [0.2, 0.25) is 0 Å². The fourth-order valence-electron chi connectivity index (χ4n) is 3.31. The smallest absolute Gasteiger partial charge is 0.420 e. The summed E-state index contributed by atoms with van der Waals surface area (Å²) in [6.45, 7) is 2.17. The lowest BCUT2D eigenvalue weighted by molar-refractivity contribution is -0.135. The van der Waals surface area contributed by atoms with Crippen molar-refractivity contribution in [2.75, 3.05) is 0 Å². The summed E-state index contributed by atoms with van der Waals surface area (Å²) in [4.78, 5) is 27.2. The van der Waals surface area contributed by atoms with Gasteiger partial charge in [-0.15, -0.1) is 0 Å². The van der Waals surface area contributed by atoms with E-state index in [1.807, 2.05) is 49.4 Å². The van der Waals surface area contributed by atoms with Crippen LogP contribution in [0.3, 0.4) is 0 Å². The molecule has 0 unspecified atom stereocenters. The molecule has 0 spiro atoms. The molecule has 6 heteroatoms. The first kappa shape index (κ1) is 17.9. The SMILES string of the molecule is C[C@H](c1ccccc1)N(Cc1ccco1)C(=O)Cn1c(=O)oc2ccccc21. The van der Waals surface area contributed by atoms with E-state index < -0.39 is 5.76 Å². The van der Waals surface area contributed by atoms with Gasteiger partial charge in [0.15, 0.2) is 5.58 Å². The second-order valence-electron chi connectivity index (χ2n) is 6.61. The average molecular weight is 376 g/mol. The Morgan fingerprint density at radius 1 is 1.04 bits per heavy atom. The zero-order valence-electron chi connectivity index (χ0n) is 15.4. The molecule has 0 aliphatic carbocycles. The minimum Gasteiger partial charge on any atom is -0.467 e. The van der Waals surface area contributed by atoms with Crippen molar-refractivity contribution in [3.05, 3.63) is 94.9 Å². The van der Waals surface area contributed by atoms with Gasteiger partial charge < -0.3 is 13.7 Å². The van der Waals surface area contributed by atoms with Crippen molar-refractivity contribution in [3.63, 3.8) is 0 Å². The molecule has 2 aromatic heterocycles. The second-order valence-corrected chi connectivity index (χ2v) is 6.61. The van der Waals surface area contributed by atoms with Gasteiger partial charge in [0.1, 0.15) is 12.3 Å². The molecule has 2 heterocycles. The van der Waals surface area contributed by atoms with E-state index >= 15 is 0 Å². The molecule has 4 rings (SSSR count). The number of amides is 1. The zero-order chi connectivity index (χ0) is 19.5. The molecule has 4 aromatic rings. The average Bonchev–Trinajstić information content (AvgIpc) is 3.34. The molecule has 28 heavy (non-hydrogen) atoms. The normalized spacial score (nSPS) is 12.2. The summed E-state index contributed by atoms with van der Waals surface area (Å²) in [7, 11) is 0. The Labute approximate surface area is 161 Å². The molecule has 0 saturated carbocycles. The topological polar surface area (TPSA) is 68.6 Å². The van der Waals surface area contributed by atoms with E-state index in [1.165, 1.54) is 4.57 Å². The number of rotatable bonds is 6. The third-order valence-electron chi connectivity index (χ3n) is 4.84. The first-order chi connectivity index (χ1) is 13.6. The van der Waals surface area contributed by atoms with E-state index in [1.54, 1.807) is 35.4 Å². The fourth-order valence-corrected chi connectivity index (χ4v) is 3.31. The number of hydrogen-bond acceptors (Lipinski definition) is 4. The maximum Gasteiger partial charge on any atom is 0.420 e. The van der Waals surface area contributed by atoms with E-state index in [0.717, 1.165) is 5.56 Å². The number of carbonyl (C=O) groups is 1. The number of benzene rings is 2. The van der Waals surface area contributed by atoms with Crippen molar-refractivity contribution >= 4 is 17.0 Å². The highest BCUT2D eigenvalue weighted by molar-refractivity contribution is 5.80. The van der Waals surface area contributed by atoms with E-state index in [0.29, 0.717) is 23.4 Å². The number of para-hydroxylation sites is 2. The maximum atomic E-state index is 13.2. The van der Waals surface area contributed by atoms with Crippen LogP contribution >= 0.6 is 0 Å². The summed E-state index contributed by atoms with van der Waals surface area (Å²) < 4.78 is 12.1. The Balaban J connectivity index is 1.66. The van der Waals surface area contributed by atoms with E-state index in [2.05, 4.69) is 0 Å². The summed E-state index contributed by atoms with van der Waals surface area (Å²) in [5, 5.41) is 0. The van der Waals surface area contributed by atoms with Gasteiger partial charge in [0.25, 0.3) is 0 Å². The number of nitrogens with zero attached hydrogens (tertiary/aromatic N) is 2. The predicted octanol–water partition coefficient (Wildman–Crippen LogP) is 3.98. The van der Waals surface area contributed by atoms with Crippen LogP contribution in [0.5, 0.6) is 0 Å². The molecule has 0 aliphatic rings. The van der Waals surface area contributed by atoms with Gasteiger partial charge in [-0.05, 0) is 36.8 Å². The number of hydrogen-bond donors (Lipinski definition) is 0. The van der Waals surface area contributed by atoms with Gasteiger partial charge >= 0.3 is 5.76 Å². The standard InChI is InChI=1S/C22H20N2O4/c1-16(17-8-3-2-4-9-17)23(14-18-10-7-13-27-18)21(25)15-24-19-11-5-6-12-20(19)28-22(24)26/h2-13,16H,14-15H2,1H3/t16-/m1/s1. The third-order valence-corrected chi connectivity index (χ3v) is 4.84. The van der Waals surface area contributed by atoms with Crippen LogP contribution in [0.15, 0.2) is 86.6 Å². The van der Waals surface area contributed by atoms with Gasteiger partial charge in [-0.3, -0.25) is 9.36 Å². The molecule has 1 amide bonds. The van der Waals surface area contributed by atoms with Gasteiger partial charge in [-0.1, -0.05) is 42.5 Å². The molecule has 1 atom stereocenters. The van der Waals surface area contributed by atoms with Gasteiger partial charge in [-0.25, -0.2) is 4.79 Å². The van der Waals surface area contributed by atoms with Crippen LogP contribution in [-0.4, -0.2) is 15.4 Å². The van der Waals surface area contributed by atoms with Crippen LogP contribution in [0.25, 0.3) is 11.1 Å². The van der Waals surface area contributed by atoms with Crippen molar-refractivity contribution in [1.29, 1.82) is 0 Å². The minimum atomic E-state index is -0.542. The van der Waals surface area contributed by atoms with E-state index in [9.17, 15) is 9.59 Å².